The van der Waals surface area contributed by atoms with Crippen LogP contribution in [0.15, 0.2) is 66.8 Å². The molecule has 1 aliphatic carbocycles. The van der Waals surface area contributed by atoms with Gasteiger partial charge in [-0.3, -0.25) is 4.79 Å². The zero-order valence-electron chi connectivity index (χ0n) is 17.4. The van der Waals surface area contributed by atoms with Gasteiger partial charge >= 0.3 is 0 Å². The average molecular weight is 391 g/mol. The Bertz CT molecular complexity index is 889. The van der Waals surface area contributed by atoms with Crippen LogP contribution < -0.4 is 4.74 Å². The van der Waals surface area contributed by atoms with Gasteiger partial charge in [0.15, 0.2) is 17.3 Å². The number of phenols is 1. The lowest BCUT2D eigenvalue weighted by Gasteiger charge is -2.25. The fourth-order valence-electron chi connectivity index (χ4n) is 4.09. The molecular weight excluding hydrogens is 360 g/mol. The van der Waals surface area contributed by atoms with Crippen molar-refractivity contribution < 1.29 is 14.6 Å². The monoisotopic (exact) mass is 390 g/mol. The number of hydrogen-bond acceptors (Lipinski definition) is 3. The highest BCUT2D eigenvalue weighted by Crippen LogP contribution is 2.36. The van der Waals surface area contributed by atoms with Gasteiger partial charge in [-0.25, -0.2) is 0 Å². The Morgan fingerprint density at radius 3 is 2.45 bits per heavy atom. The van der Waals surface area contributed by atoms with E-state index in [9.17, 15) is 9.90 Å². The summed E-state index contributed by atoms with van der Waals surface area (Å²) < 4.78 is 5.16. The number of rotatable bonds is 7. The molecule has 0 radical (unpaired) electrons. The van der Waals surface area contributed by atoms with Crippen LogP contribution in [0.5, 0.6) is 11.5 Å². The quantitative estimate of drug-likeness (QED) is 0.446. The van der Waals surface area contributed by atoms with Gasteiger partial charge < -0.3 is 9.84 Å². The van der Waals surface area contributed by atoms with Crippen LogP contribution in [-0.2, 0) is 4.79 Å². The van der Waals surface area contributed by atoms with E-state index in [1.165, 1.54) is 13.5 Å². The number of ketones is 1. The Hall–Kier alpha value is -2.81. The Balaban J connectivity index is 1.97. The van der Waals surface area contributed by atoms with Crippen molar-refractivity contribution in [2.75, 3.05) is 7.11 Å². The molecule has 2 aromatic carbocycles. The van der Waals surface area contributed by atoms with Crippen molar-refractivity contribution in [1.82, 2.24) is 0 Å². The number of allylic oxidation sites excluding steroid dienone is 3. The molecule has 1 atom stereocenters. The van der Waals surface area contributed by atoms with Crippen LogP contribution in [0.3, 0.4) is 0 Å². The maximum Gasteiger partial charge on any atom is 0.162 e. The maximum absolute atomic E-state index is 13.5. The van der Waals surface area contributed by atoms with Gasteiger partial charge in [-0.05, 0) is 47.8 Å². The second kappa shape index (κ2) is 9.60. The first kappa shape index (κ1) is 20.9. The molecule has 29 heavy (non-hydrogen) atoms. The molecule has 3 rings (SSSR count). The standard InChI is InChI=1S/C26H30O3/c1-18(20-10-6-4-7-11-20)16-23(26(28)21-12-8-5-9-13-21)19(2)22-14-15-25(29-3)24(27)17-22/h4,6-7,10-11,14-17,19,21,27H,1,5,8-9,12-13H2,2-3H3/b23-16+/t19-/m1/s1. The van der Waals surface area contributed by atoms with Crippen LogP contribution in [0, 0.1) is 5.92 Å². The molecule has 3 nitrogen and oxygen atoms in total. The molecule has 0 unspecified atom stereocenters. The molecule has 2 aromatic rings. The highest BCUT2D eigenvalue weighted by molar-refractivity contribution is 6.01. The Labute approximate surface area is 173 Å². The predicted molar refractivity (Wildman–Crippen MR) is 118 cm³/mol. The van der Waals surface area contributed by atoms with E-state index in [0.717, 1.165) is 48.0 Å². The van der Waals surface area contributed by atoms with Crippen molar-refractivity contribution >= 4 is 11.4 Å². The molecule has 0 bridgehead atoms. The smallest absolute Gasteiger partial charge is 0.162 e. The maximum atomic E-state index is 13.5. The fraction of sp³-hybridized carbons (Fsp3) is 0.346. The lowest BCUT2D eigenvalue weighted by molar-refractivity contribution is -0.120. The number of carbonyl (C=O) groups is 1. The molecule has 0 saturated heterocycles. The zero-order chi connectivity index (χ0) is 20.8. The van der Waals surface area contributed by atoms with E-state index >= 15 is 0 Å². The Morgan fingerprint density at radius 1 is 1.14 bits per heavy atom. The van der Waals surface area contributed by atoms with Crippen LogP contribution >= 0.6 is 0 Å². The number of hydrogen-bond donors (Lipinski definition) is 1. The van der Waals surface area contributed by atoms with Crippen LogP contribution in [0.1, 0.15) is 56.1 Å². The highest BCUT2D eigenvalue weighted by Gasteiger charge is 2.28. The summed E-state index contributed by atoms with van der Waals surface area (Å²) in [7, 11) is 1.53. The number of carbonyl (C=O) groups excluding carboxylic acids is 1. The minimum absolute atomic E-state index is 0.0767. The zero-order valence-corrected chi connectivity index (χ0v) is 17.4. The van der Waals surface area contributed by atoms with Gasteiger partial charge in [0.1, 0.15) is 0 Å². The van der Waals surface area contributed by atoms with E-state index in [1.54, 1.807) is 12.1 Å². The molecule has 152 valence electrons. The van der Waals surface area contributed by atoms with Gasteiger partial charge in [-0.1, -0.05) is 69.2 Å². The first-order valence-electron chi connectivity index (χ1n) is 10.4. The number of Topliss-reactive ketones (excluding diaryl/α,β-unsaturated/α-hetero) is 1. The summed E-state index contributed by atoms with van der Waals surface area (Å²) in [5.74, 6) is 0.654. The molecule has 0 aromatic heterocycles. The lowest BCUT2D eigenvalue weighted by Crippen LogP contribution is -2.22. The van der Waals surface area contributed by atoms with Crippen molar-refractivity contribution in [3.8, 4) is 11.5 Å². The molecule has 3 heteroatoms. The van der Waals surface area contributed by atoms with Gasteiger partial charge in [-0.2, -0.15) is 0 Å². The first-order chi connectivity index (χ1) is 14.0. The molecule has 1 fully saturated rings. The van der Waals surface area contributed by atoms with Crippen molar-refractivity contribution in [2.24, 2.45) is 5.92 Å². The largest absolute Gasteiger partial charge is 0.504 e. The van der Waals surface area contributed by atoms with E-state index in [4.69, 9.17) is 4.74 Å². The molecular formula is C26H30O3. The summed E-state index contributed by atoms with van der Waals surface area (Å²) in [5.41, 5.74) is 3.48. The van der Waals surface area contributed by atoms with Gasteiger partial charge in [0.2, 0.25) is 0 Å². The van der Waals surface area contributed by atoms with Crippen LogP contribution in [0.4, 0.5) is 0 Å². The molecule has 0 heterocycles. The minimum atomic E-state index is -0.151. The summed E-state index contributed by atoms with van der Waals surface area (Å²) in [4.78, 5) is 13.5. The Kier molecular flexibility index (Phi) is 6.92. The third-order valence-corrected chi connectivity index (χ3v) is 5.90. The second-order valence-corrected chi connectivity index (χ2v) is 7.84. The van der Waals surface area contributed by atoms with Crippen LogP contribution in [0.2, 0.25) is 0 Å². The van der Waals surface area contributed by atoms with Crippen molar-refractivity contribution in [3.05, 3.63) is 77.9 Å². The topological polar surface area (TPSA) is 46.5 Å². The van der Waals surface area contributed by atoms with Crippen LogP contribution in [0.25, 0.3) is 5.57 Å². The first-order valence-corrected chi connectivity index (χ1v) is 10.4. The fourth-order valence-corrected chi connectivity index (χ4v) is 4.09. The number of methoxy groups -OCH3 is 1. The van der Waals surface area contributed by atoms with Gasteiger partial charge in [0.25, 0.3) is 0 Å². The van der Waals surface area contributed by atoms with E-state index in [-0.39, 0.29) is 23.4 Å². The summed E-state index contributed by atoms with van der Waals surface area (Å²) in [5, 5.41) is 10.2. The summed E-state index contributed by atoms with van der Waals surface area (Å²) in [6.45, 7) is 6.24. The van der Waals surface area contributed by atoms with E-state index in [0.29, 0.717) is 5.75 Å². The summed E-state index contributed by atoms with van der Waals surface area (Å²) in [6.07, 6.45) is 7.28. The summed E-state index contributed by atoms with van der Waals surface area (Å²) in [6, 6.07) is 15.3. The van der Waals surface area contributed by atoms with Crippen molar-refractivity contribution in [3.63, 3.8) is 0 Å². The number of benzene rings is 2. The molecule has 0 spiro atoms. The lowest BCUT2D eigenvalue weighted by atomic mass is 9.78. The SMILES string of the molecule is C=C(/C=C(/C(=O)C1CCCCC1)[C@H](C)c1ccc(OC)c(O)c1)c1ccccc1. The summed E-state index contributed by atoms with van der Waals surface area (Å²) >= 11 is 0. The van der Waals surface area contributed by atoms with E-state index in [1.807, 2.05) is 49.4 Å². The number of ether oxygens (including phenoxy) is 1. The van der Waals surface area contributed by atoms with E-state index < -0.39 is 0 Å². The molecule has 0 aliphatic heterocycles. The third-order valence-electron chi connectivity index (χ3n) is 5.90. The number of phenolic OH excluding ortho intramolecular Hbond substituents is 1. The predicted octanol–water partition coefficient (Wildman–Crippen LogP) is 6.29. The van der Waals surface area contributed by atoms with Crippen LogP contribution in [-0.4, -0.2) is 18.0 Å². The van der Waals surface area contributed by atoms with Gasteiger partial charge in [0, 0.05) is 17.4 Å². The second-order valence-electron chi connectivity index (χ2n) is 7.84. The van der Waals surface area contributed by atoms with Crippen molar-refractivity contribution in [1.29, 1.82) is 0 Å². The Morgan fingerprint density at radius 2 is 1.83 bits per heavy atom. The van der Waals surface area contributed by atoms with Gasteiger partial charge in [-0.15, -0.1) is 0 Å². The third kappa shape index (κ3) is 4.97. The highest BCUT2D eigenvalue weighted by atomic mass is 16.5. The average Bonchev–Trinajstić information content (AvgIpc) is 2.77. The minimum Gasteiger partial charge on any atom is -0.504 e. The normalized spacial score (nSPS) is 16.3. The number of aromatic hydroxyl groups is 1. The van der Waals surface area contributed by atoms with Crippen molar-refractivity contribution in [2.45, 2.75) is 44.9 Å². The molecule has 0 amide bonds. The molecule has 1 N–H and O–H groups in total. The van der Waals surface area contributed by atoms with Gasteiger partial charge in [0.05, 0.1) is 7.11 Å². The molecule has 1 saturated carbocycles. The van der Waals surface area contributed by atoms with E-state index in [2.05, 4.69) is 6.58 Å². The molecule has 1 aliphatic rings.